The summed E-state index contributed by atoms with van der Waals surface area (Å²) < 4.78 is 39.9. The Labute approximate surface area is 190 Å². The van der Waals surface area contributed by atoms with E-state index in [0.717, 1.165) is 12.1 Å². The van der Waals surface area contributed by atoms with Gasteiger partial charge in [0.25, 0.3) is 5.91 Å². The van der Waals surface area contributed by atoms with E-state index in [1.165, 1.54) is 35.5 Å². The number of aromatic nitrogens is 5. The maximum Gasteiger partial charge on any atom is 0.405 e. The van der Waals surface area contributed by atoms with E-state index < -0.39 is 30.6 Å². The van der Waals surface area contributed by atoms with Gasteiger partial charge in [-0.2, -0.15) is 23.0 Å². The number of nitrogens with one attached hydrogen (secondary N) is 2. The zero-order valence-corrected chi connectivity index (χ0v) is 17.5. The normalized spacial score (nSPS) is 19.1. The van der Waals surface area contributed by atoms with Gasteiger partial charge in [-0.1, -0.05) is 6.07 Å². The summed E-state index contributed by atoms with van der Waals surface area (Å²) in [5.74, 6) is -1.01. The molecule has 0 spiro atoms. The van der Waals surface area contributed by atoms with Crippen molar-refractivity contribution in [2.24, 2.45) is 5.92 Å². The maximum atomic E-state index is 13.2. The number of halogens is 3. The molecule has 10 nitrogen and oxygen atoms in total. The predicted octanol–water partition coefficient (Wildman–Crippen LogP) is 1.10. The molecule has 0 aromatic carbocycles. The number of pyridine rings is 1. The maximum absolute atomic E-state index is 13.2. The fraction of sp³-hybridized carbons (Fsp3) is 0.333. The van der Waals surface area contributed by atoms with Crippen LogP contribution >= 0.6 is 0 Å². The lowest BCUT2D eigenvalue weighted by atomic mass is 10.1. The quantitative estimate of drug-likeness (QED) is 0.408. The van der Waals surface area contributed by atoms with Crippen molar-refractivity contribution in [1.29, 1.82) is 0 Å². The molecule has 3 heterocycles. The number of amides is 2. The molecule has 13 heteroatoms. The van der Waals surface area contributed by atoms with Crippen molar-refractivity contribution in [2.75, 3.05) is 6.54 Å². The Morgan fingerprint density at radius 1 is 1.26 bits per heavy atom. The molecule has 3 aromatic heterocycles. The van der Waals surface area contributed by atoms with E-state index in [0.29, 0.717) is 22.6 Å². The second-order valence-electron chi connectivity index (χ2n) is 8.20. The average molecular weight is 473 g/mol. The van der Waals surface area contributed by atoms with Crippen LogP contribution in [0.25, 0.3) is 5.82 Å². The summed E-state index contributed by atoms with van der Waals surface area (Å²) in [4.78, 5) is 34.0. The van der Waals surface area contributed by atoms with Gasteiger partial charge >= 0.3 is 6.18 Å². The predicted molar refractivity (Wildman–Crippen MR) is 108 cm³/mol. The van der Waals surface area contributed by atoms with Gasteiger partial charge in [0, 0.05) is 17.7 Å². The molecule has 2 aliphatic rings. The SMILES string of the molecule is O=C(NC(C(=O)NCC(F)(F)F)c1ccccn1)c1nn(-c2c[n+]([O-])ccn2)c2c1C[C@@H]1C[C@H]21. The molecular formula is C21H18F3N7O3. The summed E-state index contributed by atoms with van der Waals surface area (Å²) in [6.45, 7) is -1.55. The second-order valence-corrected chi connectivity index (χ2v) is 8.20. The lowest BCUT2D eigenvalue weighted by Crippen LogP contribution is -2.44. The zero-order valence-electron chi connectivity index (χ0n) is 17.5. The van der Waals surface area contributed by atoms with E-state index in [-0.39, 0.29) is 23.1 Å². The number of rotatable bonds is 6. The first-order valence-corrected chi connectivity index (χ1v) is 10.4. The van der Waals surface area contributed by atoms with E-state index >= 15 is 0 Å². The van der Waals surface area contributed by atoms with E-state index in [9.17, 15) is 28.0 Å². The zero-order chi connectivity index (χ0) is 24.0. The topological polar surface area (TPSA) is 129 Å². The molecule has 2 aliphatic carbocycles. The van der Waals surface area contributed by atoms with Crippen molar-refractivity contribution < 1.29 is 27.5 Å². The van der Waals surface area contributed by atoms with Crippen LogP contribution in [0.2, 0.25) is 0 Å². The van der Waals surface area contributed by atoms with Crippen LogP contribution in [0.5, 0.6) is 0 Å². The second kappa shape index (κ2) is 8.08. The molecule has 2 N–H and O–H groups in total. The molecule has 1 saturated carbocycles. The Kier molecular flexibility index (Phi) is 5.18. The number of fused-ring (bicyclic) bond motifs is 3. The Morgan fingerprint density at radius 2 is 2.09 bits per heavy atom. The van der Waals surface area contributed by atoms with Crippen molar-refractivity contribution in [2.45, 2.75) is 31.0 Å². The van der Waals surface area contributed by atoms with Crippen LogP contribution in [-0.2, 0) is 11.2 Å². The smallest absolute Gasteiger partial charge is 0.405 e. The number of hydrogen-bond donors (Lipinski definition) is 2. The van der Waals surface area contributed by atoms with E-state index in [1.54, 1.807) is 17.4 Å². The van der Waals surface area contributed by atoms with Crippen molar-refractivity contribution in [3.63, 3.8) is 0 Å². The monoisotopic (exact) mass is 473 g/mol. The molecule has 0 saturated heterocycles. The Balaban J connectivity index is 1.46. The van der Waals surface area contributed by atoms with Crippen LogP contribution in [0, 0.1) is 11.1 Å². The Morgan fingerprint density at radius 3 is 2.79 bits per heavy atom. The van der Waals surface area contributed by atoms with Gasteiger partial charge in [0.2, 0.25) is 17.9 Å². The number of nitrogens with zero attached hydrogens (tertiary/aromatic N) is 5. The molecule has 1 unspecified atom stereocenters. The standard InChI is InChI=1S/C21H18F3N7O3/c22-21(23,24)10-27-19(32)17(14-3-1-2-4-25-14)28-20(33)16-13-8-11-7-12(11)18(13)31(29-16)15-9-30(34)6-5-26-15/h1-6,9,11-12,17H,7-8,10H2,(H,27,32)(H,28,33)/t11-,12-,17?/m0/s1. The summed E-state index contributed by atoms with van der Waals surface area (Å²) >= 11 is 0. The third kappa shape index (κ3) is 4.16. The van der Waals surface area contributed by atoms with E-state index in [2.05, 4.69) is 20.4 Å². The van der Waals surface area contributed by atoms with Gasteiger partial charge in [0.05, 0.1) is 17.6 Å². The van der Waals surface area contributed by atoms with Gasteiger partial charge in [0.15, 0.2) is 17.9 Å². The van der Waals surface area contributed by atoms with Crippen LogP contribution < -0.4 is 15.4 Å². The van der Waals surface area contributed by atoms with Gasteiger partial charge in [-0.15, -0.1) is 0 Å². The molecule has 2 amide bonds. The largest absolute Gasteiger partial charge is 0.619 e. The minimum Gasteiger partial charge on any atom is -0.619 e. The summed E-state index contributed by atoms with van der Waals surface area (Å²) in [6, 6.07) is 3.09. The van der Waals surface area contributed by atoms with Crippen molar-refractivity contribution >= 4 is 11.8 Å². The van der Waals surface area contributed by atoms with Gasteiger partial charge in [-0.25, -0.2) is 9.67 Å². The first-order valence-electron chi connectivity index (χ1n) is 10.4. The van der Waals surface area contributed by atoms with Crippen LogP contribution in [-0.4, -0.2) is 44.3 Å². The molecular weight excluding hydrogens is 455 g/mol. The molecule has 3 atom stereocenters. The highest BCUT2D eigenvalue weighted by molar-refractivity contribution is 5.98. The van der Waals surface area contributed by atoms with Gasteiger partial charge in [0.1, 0.15) is 6.54 Å². The summed E-state index contributed by atoms with van der Waals surface area (Å²) in [7, 11) is 0. The molecule has 0 aliphatic heterocycles. The molecule has 34 heavy (non-hydrogen) atoms. The van der Waals surface area contributed by atoms with Crippen LogP contribution in [0.1, 0.15) is 45.8 Å². The van der Waals surface area contributed by atoms with Crippen molar-refractivity contribution in [3.8, 4) is 5.82 Å². The van der Waals surface area contributed by atoms with Gasteiger partial charge in [-0.3, -0.25) is 14.6 Å². The lowest BCUT2D eigenvalue weighted by molar-refractivity contribution is -0.605. The van der Waals surface area contributed by atoms with E-state index in [4.69, 9.17) is 0 Å². The molecule has 176 valence electrons. The molecule has 5 rings (SSSR count). The number of carbonyl (C=O) groups excluding carboxylic acids is 2. The number of hydrogen-bond acceptors (Lipinski definition) is 6. The van der Waals surface area contributed by atoms with Gasteiger partial charge in [-0.05, 0) is 30.9 Å². The highest BCUT2D eigenvalue weighted by Crippen LogP contribution is 2.57. The minimum absolute atomic E-state index is 0.0369. The molecule has 3 aromatic rings. The number of carbonyl (C=O) groups is 2. The third-order valence-corrected chi connectivity index (χ3v) is 5.84. The van der Waals surface area contributed by atoms with E-state index in [1.807, 2.05) is 0 Å². The van der Waals surface area contributed by atoms with Crippen molar-refractivity contribution in [1.82, 2.24) is 30.4 Å². The average Bonchev–Trinajstić information content (AvgIpc) is 3.30. The lowest BCUT2D eigenvalue weighted by Gasteiger charge is -2.18. The highest BCUT2D eigenvalue weighted by atomic mass is 19.4. The first kappa shape index (κ1) is 21.8. The van der Waals surface area contributed by atoms with Crippen LogP contribution in [0.15, 0.2) is 43.0 Å². The van der Waals surface area contributed by atoms with Gasteiger partial charge < -0.3 is 15.8 Å². The Bertz CT molecular complexity index is 1260. The van der Waals surface area contributed by atoms with Crippen LogP contribution in [0.3, 0.4) is 0 Å². The molecule has 0 radical (unpaired) electrons. The first-order chi connectivity index (χ1) is 16.2. The Hall–Kier alpha value is -4.03. The highest BCUT2D eigenvalue weighted by Gasteiger charge is 2.50. The number of alkyl halides is 3. The van der Waals surface area contributed by atoms with Crippen molar-refractivity contribution in [3.05, 3.63) is 70.8 Å². The molecule has 0 bridgehead atoms. The molecule has 1 fully saturated rings. The van der Waals surface area contributed by atoms with Crippen LogP contribution in [0.4, 0.5) is 13.2 Å². The summed E-state index contributed by atoms with van der Waals surface area (Å²) in [6.07, 6.45) is 2.05. The minimum atomic E-state index is -4.62. The summed E-state index contributed by atoms with van der Waals surface area (Å²) in [5, 5.41) is 20.4. The summed E-state index contributed by atoms with van der Waals surface area (Å²) in [5.41, 5.74) is 1.57. The fourth-order valence-corrected chi connectivity index (χ4v) is 4.26. The third-order valence-electron chi connectivity index (χ3n) is 5.84. The fourth-order valence-electron chi connectivity index (χ4n) is 4.26.